The molecule has 1 N–H and O–H groups in total. The monoisotopic (exact) mass is 384 g/mol. The number of nitrogens with zero attached hydrogens (tertiary/aromatic N) is 1. The molecule has 4 heteroatoms. The lowest BCUT2D eigenvalue weighted by Gasteiger charge is -2.15. The Labute approximate surface area is 168 Å². The molecule has 0 bridgehead atoms. The fourth-order valence-corrected chi connectivity index (χ4v) is 3.87. The van der Waals surface area contributed by atoms with Gasteiger partial charge in [0.15, 0.2) is 0 Å². The number of nitrogens with one attached hydrogen (secondary N) is 1. The maximum Gasteiger partial charge on any atom is 0.237 e. The van der Waals surface area contributed by atoms with Crippen LogP contribution in [0.5, 0.6) is 0 Å². The van der Waals surface area contributed by atoms with Gasteiger partial charge in [-0.1, -0.05) is 84.6 Å². The Hall–Kier alpha value is -3.11. The van der Waals surface area contributed by atoms with Gasteiger partial charge >= 0.3 is 0 Å². The van der Waals surface area contributed by atoms with E-state index in [1.165, 1.54) is 11.8 Å². The molecule has 138 valence electrons. The van der Waals surface area contributed by atoms with Gasteiger partial charge < -0.3 is 5.32 Å². The summed E-state index contributed by atoms with van der Waals surface area (Å²) in [7, 11) is 0. The second-order valence-electron chi connectivity index (χ2n) is 6.50. The van der Waals surface area contributed by atoms with Crippen LogP contribution >= 0.6 is 11.8 Å². The molecule has 0 saturated carbocycles. The van der Waals surface area contributed by atoms with Crippen molar-refractivity contribution in [1.29, 1.82) is 0 Å². The van der Waals surface area contributed by atoms with E-state index in [1.807, 2.05) is 97.9 Å². The normalized spacial score (nSPS) is 11.9. The summed E-state index contributed by atoms with van der Waals surface area (Å²) in [4.78, 5) is 17.5. The first-order valence-corrected chi connectivity index (χ1v) is 10.1. The van der Waals surface area contributed by atoms with Gasteiger partial charge in [0.25, 0.3) is 0 Å². The first kappa shape index (κ1) is 18.3. The molecule has 0 aliphatic heterocycles. The van der Waals surface area contributed by atoms with Crippen LogP contribution < -0.4 is 5.32 Å². The molecule has 0 radical (unpaired) electrons. The van der Waals surface area contributed by atoms with Crippen molar-refractivity contribution in [3.05, 3.63) is 91.0 Å². The predicted molar refractivity (Wildman–Crippen MR) is 118 cm³/mol. The second-order valence-corrected chi connectivity index (χ2v) is 7.86. The number of rotatable bonds is 5. The highest BCUT2D eigenvalue weighted by Gasteiger charge is 2.17. The van der Waals surface area contributed by atoms with Gasteiger partial charge in [-0.25, -0.2) is 4.98 Å². The summed E-state index contributed by atoms with van der Waals surface area (Å²) < 4.78 is 0. The number of fused-ring (bicyclic) bond motifs is 1. The molecule has 1 amide bonds. The van der Waals surface area contributed by atoms with Crippen LogP contribution in [0.25, 0.3) is 22.0 Å². The van der Waals surface area contributed by atoms with Crippen molar-refractivity contribution < 1.29 is 4.79 Å². The minimum Gasteiger partial charge on any atom is -0.325 e. The average molecular weight is 385 g/mol. The molecule has 1 heterocycles. The zero-order chi connectivity index (χ0) is 19.3. The zero-order valence-electron chi connectivity index (χ0n) is 15.5. The molecule has 4 aromatic rings. The van der Waals surface area contributed by atoms with E-state index in [9.17, 15) is 4.79 Å². The summed E-state index contributed by atoms with van der Waals surface area (Å²) in [5, 5.41) is 4.76. The van der Waals surface area contributed by atoms with E-state index < -0.39 is 0 Å². The van der Waals surface area contributed by atoms with Crippen LogP contribution in [0.2, 0.25) is 0 Å². The fraction of sp³-hybridized carbons (Fsp3) is 0.0833. The van der Waals surface area contributed by atoms with Crippen LogP contribution in [0.3, 0.4) is 0 Å². The predicted octanol–water partition coefficient (Wildman–Crippen LogP) is 6.02. The summed E-state index contributed by atoms with van der Waals surface area (Å²) in [5.41, 5.74) is 3.85. The standard InChI is InChI=1S/C24H20N2OS/c1-17(28-23-16-15-19-11-5-7-13-21(19)25-23)24(27)26-22-14-8-6-12-20(22)18-9-3-2-4-10-18/h2-17H,1H3,(H,26,27)/t17-/m0/s1. The summed E-state index contributed by atoms with van der Waals surface area (Å²) >= 11 is 1.46. The van der Waals surface area contributed by atoms with Gasteiger partial charge in [0, 0.05) is 16.6 Å². The number of para-hydroxylation sites is 2. The molecule has 4 rings (SSSR count). The van der Waals surface area contributed by atoms with E-state index >= 15 is 0 Å². The average Bonchev–Trinajstić information content (AvgIpc) is 2.74. The summed E-state index contributed by atoms with van der Waals surface area (Å²) in [6.07, 6.45) is 0. The third-order valence-corrected chi connectivity index (χ3v) is 5.55. The van der Waals surface area contributed by atoms with Gasteiger partial charge in [-0.3, -0.25) is 4.79 Å². The number of amides is 1. The smallest absolute Gasteiger partial charge is 0.237 e. The molecule has 28 heavy (non-hydrogen) atoms. The number of carbonyl (C=O) groups excluding carboxylic acids is 1. The van der Waals surface area contributed by atoms with Crippen molar-refractivity contribution in [2.45, 2.75) is 17.2 Å². The molecular weight excluding hydrogens is 364 g/mol. The van der Waals surface area contributed by atoms with Gasteiger partial charge in [-0.05, 0) is 30.7 Å². The van der Waals surface area contributed by atoms with E-state index in [0.29, 0.717) is 0 Å². The van der Waals surface area contributed by atoms with Crippen LogP contribution in [-0.4, -0.2) is 16.1 Å². The zero-order valence-corrected chi connectivity index (χ0v) is 16.3. The SMILES string of the molecule is C[C@H](Sc1ccc2ccccc2n1)C(=O)Nc1ccccc1-c1ccccc1. The Kier molecular flexibility index (Phi) is 5.40. The molecular formula is C24H20N2OS. The van der Waals surface area contributed by atoms with E-state index in [1.54, 1.807) is 0 Å². The van der Waals surface area contributed by atoms with Gasteiger partial charge in [0.2, 0.25) is 5.91 Å². The van der Waals surface area contributed by atoms with Crippen molar-refractivity contribution in [3.8, 4) is 11.1 Å². The second kappa shape index (κ2) is 8.28. The molecule has 0 spiro atoms. The van der Waals surface area contributed by atoms with Crippen LogP contribution in [0.1, 0.15) is 6.92 Å². The molecule has 0 saturated heterocycles. The largest absolute Gasteiger partial charge is 0.325 e. The molecule has 1 aromatic heterocycles. The summed E-state index contributed by atoms with van der Waals surface area (Å²) in [6, 6.07) is 29.9. The molecule has 1 atom stereocenters. The maximum atomic E-state index is 12.8. The Balaban J connectivity index is 1.50. The van der Waals surface area contributed by atoms with E-state index in [-0.39, 0.29) is 11.2 Å². The maximum absolute atomic E-state index is 12.8. The molecule has 3 nitrogen and oxygen atoms in total. The van der Waals surface area contributed by atoms with Crippen molar-refractivity contribution >= 4 is 34.3 Å². The highest BCUT2D eigenvalue weighted by molar-refractivity contribution is 8.00. The van der Waals surface area contributed by atoms with Crippen LogP contribution in [0.15, 0.2) is 96.0 Å². The van der Waals surface area contributed by atoms with Crippen molar-refractivity contribution in [2.75, 3.05) is 5.32 Å². The lowest BCUT2D eigenvalue weighted by atomic mass is 10.0. The lowest BCUT2D eigenvalue weighted by molar-refractivity contribution is -0.115. The number of pyridine rings is 1. The topological polar surface area (TPSA) is 42.0 Å². The first-order valence-electron chi connectivity index (χ1n) is 9.18. The molecule has 3 aromatic carbocycles. The molecule has 0 fully saturated rings. The lowest BCUT2D eigenvalue weighted by Crippen LogP contribution is -2.22. The fourth-order valence-electron chi connectivity index (χ4n) is 3.04. The number of hydrogen-bond acceptors (Lipinski definition) is 3. The van der Waals surface area contributed by atoms with Crippen LogP contribution in [0.4, 0.5) is 5.69 Å². The number of carbonyl (C=O) groups is 1. The van der Waals surface area contributed by atoms with E-state index in [0.717, 1.165) is 32.7 Å². The Morgan fingerprint density at radius 3 is 2.43 bits per heavy atom. The van der Waals surface area contributed by atoms with Gasteiger partial charge in [-0.15, -0.1) is 0 Å². The number of hydrogen-bond donors (Lipinski definition) is 1. The van der Waals surface area contributed by atoms with E-state index in [2.05, 4.69) is 10.3 Å². The molecule has 0 aliphatic carbocycles. The van der Waals surface area contributed by atoms with Gasteiger partial charge in [0.1, 0.15) is 0 Å². The minimum absolute atomic E-state index is 0.0386. The first-order chi connectivity index (χ1) is 13.7. The van der Waals surface area contributed by atoms with Crippen molar-refractivity contribution in [3.63, 3.8) is 0 Å². The third-order valence-electron chi connectivity index (χ3n) is 4.51. The molecule has 0 unspecified atom stereocenters. The highest BCUT2D eigenvalue weighted by Crippen LogP contribution is 2.29. The van der Waals surface area contributed by atoms with Crippen molar-refractivity contribution in [1.82, 2.24) is 4.98 Å². The molecule has 0 aliphatic rings. The van der Waals surface area contributed by atoms with Gasteiger partial charge in [0.05, 0.1) is 15.8 Å². The highest BCUT2D eigenvalue weighted by atomic mass is 32.2. The Morgan fingerprint density at radius 2 is 1.57 bits per heavy atom. The van der Waals surface area contributed by atoms with Gasteiger partial charge in [-0.2, -0.15) is 0 Å². The quantitative estimate of drug-likeness (QED) is 0.428. The number of anilines is 1. The van der Waals surface area contributed by atoms with Crippen molar-refractivity contribution in [2.24, 2.45) is 0 Å². The third kappa shape index (κ3) is 4.07. The van der Waals surface area contributed by atoms with E-state index in [4.69, 9.17) is 0 Å². The summed E-state index contributed by atoms with van der Waals surface area (Å²) in [6.45, 7) is 1.90. The Bertz CT molecular complexity index is 1110. The van der Waals surface area contributed by atoms with Crippen LogP contribution in [0, 0.1) is 0 Å². The number of thioether (sulfide) groups is 1. The summed E-state index contributed by atoms with van der Waals surface area (Å²) in [5.74, 6) is -0.0386. The number of aromatic nitrogens is 1. The number of benzene rings is 3. The minimum atomic E-state index is -0.266. The Morgan fingerprint density at radius 1 is 0.857 bits per heavy atom. The van der Waals surface area contributed by atoms with Crippen LogP contribution in [-0.2, 0) is 4.79 Å².